The Labute approximate surface area is 93.8 Å². The fraction of sp³-hybridized carbons (Fsp3) is 0.692. The van der Waals surface area contributed by atoms with E-state index in [0.717, 1.165) is 6.42 Å². The van der Waals surface area contributed by atoms with Gasteiger partial charge in [-0.1, -0.05) is 19.1 Å². The van der Waals surface area contributed by atoms with Gasteiger partial charge in [0.1, 0.15) is 18.0 Å². The van der Waals surface area contributed by atoms with E-state index in [4.69, 9.17) is 4.74 Å². The zero-order valence-electron chi connectivity index (χ0n) is 9.18. The minimum atomic E-state index is -0.462. The molecule has 3 aliphatic carbocycles. The summed E-state index contributed by atoms with van der Waals surface area (Å²) in [5.74, 6) is 0.954. The van der Waals surface area contributed by atoms with Crippen LogP contribution in [0.25, 0.3) is 0 Å². The number of carbonyl (C=O) groups is 2. The molecule has 4 rings (SSSR count). The van der Waals surface area contributed by atoms with Gasteiger partial charge in [0.25, 0.3) is 0 Å². The first-order valence-electron chi connectivity index (χ1n) is 6.12. The van der Waals surface area contributed by atoms with Crippen molar-refractivity contribution in [3.63, 3.8) is 0 Å². The van der Waals surface area contributed by atoms with Crippen molar-refractivity contribution in [1.82, 2.24) is 0 Å². The largest absolute Gasteiger partial charge is 0.360 e. The second-order valence-electron chi connectivity index (χ2n) is 5.46. The smallest absolute Gasteiger partial charge is 0.169 e. The van der Waals surface area contributed by atoms with Crippen LogP contribution in [0.5, 0.6) is 0 Å². The van der Waals surface area contributed by atoms with Gasteiger partial charge >= 0.3 is 0 Å². The third-order valence-electron chi connectivity index (χ3n) is 5.03. The fourth-order valence-electron chi connectivity index (χ4n) is 4.46. The van der Waals surface area contributed by atoms with Gasteiger partial charge in [0, 0.05) is 12.3 Å². The van der Waals surface area contributed by atoms with Crippen LogP contribution in [0.15, 0.2) is 12.2 Å². The lowest BCUT2D eigenvalue weighted by atomic mass is 9.66. The minimum absolute atomic E-state index is 0.0568. The van der Waals surface area contributed by atoms with Crippen molar-refractivity contribution >= 4 is 11.6 Å². The van der Waals surface area contributed by atoms with Gasteiger partial charge in [0.15, 0.2) is 5.78 Å². The van der Waals surface area contributed by atoms with Crippen molar-refractivity contribution in [3.8, 4) is 0 Å². The molecule has 84 valence electrons. The standard InChI is InChI=1S/C13H14O3/c1-2-8(14)13-7-4-3-6(5-7)9(13)10(15)11-12(13)16-11/h3-4,6-7,9,11-12H,2,5H2,1H3/t6-,7-,9+,11-,12-,13+/m0/s1. The van der Waals surface area contributed by atoms with Crippen LogP contribution in [0.3, 0.4) is 0 Å². The van der Waals surface area contributed by atoms with Crippen LogP contribution in [-0.2, 0) is 14.3 Å². The third kappa shape index (κ3) is 0.698. The second-order valence-corrected chi connectivity index (χ2v) is 5.46. The summed E-state index contributed by atoms with van der Waals surface area (Å²) in [6, 6.07) is 0. The Morgan fingerprint density at radius 3 is 3.12 bits per heavy atom. The molecule has 0 aromatic carbocycles. The van der Waals surface area contributed by atoms with Crippen LogP contribution in [0.1, 0.15) is 19.8 Å². The molecule has 1 heterocycles. The first-order chi connectivity index (χ1) is 7.71. The van der Waals surface area contributed by atoms with Crippen molar-refractivity contribution in [2.75, 3.05) is 0 Å². The van der Waals surface area contributed by atoms with Crippen LogP contribution in [0.4, 0.5) is 0 Å². The lowest BCUT2D eigenvalue weighted by Crippen LogP contribution is -2.45. The predicted molar refractivity (Wildman–Crippen MR) is 55.6 cm³/mol. The summed E-state index contributed by atoms with van der Waals surface area (Å²) >= 11 is 0. The van der Waals surface area contributed by atoms with Gasteiger partial charge in [-0.2, -0.15) is 0 Å². The van der Waals surface area contributed by atoms with E-state index in [0.29, 0.717) is 12.3 Å². The zero-order chi connectivity index (χ0) is 11.1. The average Bonchev–Trinajstić information content (AvgIpc) is 2.73. The fourth-order valence-corrected chi connectivity index (χ4v) is 4.46. The van der Waals surface area contributed by atoms with Crippen LogP contribution in [0, 0.1) is 23.2 Å². The molecular formula is C13H14O3. The molecule has 0 unspecified atom stereocenters. The highest BCUT2D eigenvalue weighted by Gasteiger charge is 2.79. The Morgan fingerprint density at radius 2 is 2.38 bits per heavy atom. The Hall–Kier alpha value is -0.960. The number of hydrogen-bond donors (Lipinski definition) is 0. The molecule has 3 nitrogen and oxygen atoms in total. The van der Waals surface area contributed by atoms with Crippen molar-refractivity contribution < 1.29 is 14.3 Å². The summed E-state index contributed by atoms with van der Waals surface area (Å²) < 4.78 is 5.45. The SMILES string of the molecule is CCC(=O)[C@]12[C@H]3C=C[C@@H](C3)[C@@H]1C(=O)[C@@H]1O[C@@H]12. The Balaban J connectivity index is 1.90. The molecule has 6 atom stereocenters. The number of epoxide rings is 1. The molecule has 2 bridgehead atoms. The molecule has 0 radical (unpaired) electrons. The molecular weight excluding hydrogens is 204 g/mol. The third-order valence-corrected chi connectivity index (χ3v) is 5.03. The van der Waals surface area contributed by atoms with Gasteiger partial charge in [-0.25, -0.2) is 0 Å². The first kappa shape index (κ1) is 9.11. The molecule has 0 aromatic rings. The monoisotopic (exact) mass is 218 g/mol. The first-order valence-corrected chi connectivity index (χ1v) is 6.12. The maximum Gasteiger partial charge on any atom is 0.169 e. The summed E-state index contributed by atoms with van der Waals surface area (Å²) in [4.78, 5) is 24.5. The molecule has 0 spiro atoms. The van der Waals surface area contributed by atoms with Gasteiger partial charge in [-0.3, -0.25) is 9.59 Å². The summed E-state index contributed by atoms with van der Waals surface area (Å²) in [5.41, 5.74) is -0.462. The molecule has 1 aliphatic heterocycles. The van der Waals surface area contributed by atoms with Gasteiger partial charge < -0.3 is 4.74 Å². The summed E-state index contributed by atoms with van der Waals surface area (Å²) in [6.07, 6.45) is 5.45. The maximum atomic E-state index is 12.3. The predicted octanol–water partition coefficient (Wildman–Crippen LogP) is 1.12. The minimum Gasteiger partial charge on any atom is -0.360 e. The molecule has 4 aliphatic rings. The zero-order valence-corrected chi connectivity index (χ0v) is 9.18. The van der Waals surface area contributed by atoms with Gasteiger partial charge in [-0.15, -0.1) is 0 Å². The average molecular weight is 218 g/mol. The van der Waals surface area contributed by atoms with Gasteiger partial charge in [0.05, 0.1) is 5.41 Å². The van der Waals surface area contributed by atoms with Crippen LogP contribution < -0.4 is 0 Å². The lowest BCUT2D eigenvalue weighted by molar-refractivity contribution is -0.141. The number of ether oxygens (including phenoxy) is 1. The van der Waals surface area contributed by atoms with Crippen molar-refractivity contribution in [3.05, 3.63) is 12.2 Å². The molecule has 0 N–H and O–H groups in total. The topological polar surface area (TPSA) is 46.7 Å². The molecule has 2 saturated carbocycles. The maximum absolute atomic E-state index is 12.3. The normalized spacial score (nSPS) is 55.3. The van der Waals surface area contributed by atoms with E-state index in [1.165, 1.54) is 0 Å². The Morgan fingerprint density at radius 1 is 1.56 bits per heavy atom. The highest BCUT2D eigenvalue weighted by atomic mass is 16.6. The molecule has 16 heavy (non-hydrogen) atoms. The number of Topliss-reactive ketones (excluding diaryl/α,β-unsaturated/α-hetero) is 2. The van der Waals surface area contributed by atoms with E-state index in [-0.39, 0.29) is 35.6 Å². The second kappa shape index (κ2) is 2.48. The van der Waals surface area contributed by atoms with Crippen LogP contribution in [-0.4, -0.2) is 23.8 Å². The van der Waals surface area contributed by atoms with Crippen LogP contribution >= 0.6 is 0 Å². The van der Waals surface area contributed by atoms with Crippen molar-refractivity contribution in [1.29, 1.82) is 0 Å². The number of rotatable bonds is 2. The van der Waals surface area contributed by atoms with Crippen molar-refractivity contribution in [2.45, 2.75) is 32.0 Å². The molecule has 3 fully saturated rings. The van der Waals surface area contributed by atoms with E-state index >= 15 is 0 Å². The van der Waals surface area contributed by atoms with E-state index in [9.17, 15) is 9.59 Å². The molecule has 0 aromatic heterocycles. The summed E-state index contributed by atoms with van der Waals surface area (Å²) in [7, 11) is 0. The van der Waals surface area contributed by atoms with Crippen molar-refractivity contribution in [2.24, 2.45) is 23.2 Å². The highest BCUT2D eigenvalue weighted by Crippen LogP contribution is 2.68. The van der Waals surface area contributed by atoms with E-state index in [1.54, 1.807) is 0 Å². The lowest BCUT2D eigenvalue weighted by Gasteiger charge is -2.35. The molecule has 0 amide bonds. The van der Waals surface area contributed by atoms with E-state index < -0.39 is 5.41 Å². The summed E-state index contributed by atoms with van der Waals surface area (Å²) in [5, 5.41) is 0. The molecule has 1 saturated heterocycles. The number of allylic oxidation sites excluding steroid dienone is 2. The number of carbonyl (C=O) groups excluding carboxylic acids is 2. The Bertz CT molecular complexity index is 438. The van der Waals surface area contributed by atoms with E-state index in [1.807, 2.05) is 6.92 Å². The van der Waals surface area contributed by atoms with E-state index in [2.05, 4.69) is 12.2 Å². The van der Waals surface area contributed by atoms with Crippen LogP contribution in [0.2, 0.25) is 0 Å². The van der Waals surface area contributed by atoms with Gasteiger partial charge in [0.2, 0.25) is 0 Å². The van der Waals surface area contributed by atoms with Gasteiger partial charge in [-0.05, 0) is 18.3 Å². The quantitative estimate of drug-likeness (QED) is 0.515. The summed E-state index contributed by atoms with van der Waals surface area (Å²) in [6.45, 7) is 1.89. The number of hydrogen-bond acceptors (Lipinski definition) is 3. The number of ketones is 2. The Kier molecular flexibility index (Phi) is 1.41. The number of fused-ring (bicyclic) bond motifs is 7. The molecule has 3 heteroatoms. The highest BCUT2D eigenvalue weighted by molar-refractivity contribution is 6.03.